The van der Waals surface area contributed by atoms with E-state index in [1.54, 1.807) is 4.90 Å². The van der Waals surface area contributed by atoms with Crippen LogP contribution in [0.25, 0.3) is 0 Å². The van der Waals surface area contributed by atoms with Crippen LogP contribution >= 0.6 is 0 Å². The molecule has 0 spiro atoms. The molecule has 0 bridgehead atoms. The Morgan fingerprint density at radius 3 is 2.27 bits per heavy atom. The van der Waals surface area contributed by atoms with Crippen LogP contribution in [-0.4, -0.2) is 50.0 Å². The highest BCUT2D eigenvalue weighted by Gasteiger charge is 2.32. The van der Waals surface area contributed by atoms with Crippen molar-refractivity contribution in [3.05, 3.63) is 101 Å². The van der Waals surface area contributed by atoms with Gasteiger partial charge in [-0.1, -0.05) is 73.9 Å². The first-order chi connectivity index (χ1) is 21.0. The molecule has 1 N–H and O–H groups in total. The van der Waals surface area contributed by atoms with Crippen molar-refractivity contribution in [2.75, 3.05) is 17.1 Å². The molecular weight excluding hydrogens is 584 g/mol. The summed E-state index contributed by atoms with van der Waals surface area (Å²) in [4.78, 5) is 29.6. The minimum absolute atomic E-state index is 0.0237. The molecule has 236 valence electrons. The lowest BCUT2D eigenvalue weighted by atomic mass is 9.94. The van der Waals surface area contributed by atoms with Gasteiger partial charge >= 0.3 is 0 Å². The highest BCUT2D eigenvalue weighted by Crippen LogP contribution is 2.23. The van der Waals surface area contributed by atoms with Gasteiger partial charge < -0.3 is 10.2 Å². The van der Waals surface area contributed by atoms with E-state index in [1.807, 2.05) is 61.5 Å². The van der Waals surface area contributed by atoms with Crippen molar-refractivity contribution >= 4 is 27.5 Å². The first kappa shape index (κ1) is 33.1. The minimum atomic E-state index is -3.85. The first-order valence-electron chi connectivity index (χ1n) is 15.1. The van der Waals surface area contributed by atoms with Gasteiger partial charge in [0.2, 0.25) is 21.8 Å². The lowest BCUT2D eigenvalue weighted by Gasteiger charge is -2.34. The zero-order valence-corrected chi connectivity index (χ0v) is 26.2. The number of hydrogen-bond donors (Lipinski definition) is 1. The molecule has 44 heavy (non-hydrogen) atoms. The van der Waals surface area contributed by atoms with E-state index in [9.17, 15) is 26.8 Å². The van der Waals surface area contributed by atoms with Gasteiger partial charge in [-0.3, -0.25) is 13.9 Å². The summed E-state index contributed by atoms with van der Waals surface area (Å²) < 4.78 is 53.6. The van der Waals surface area contributed by atoms with E-state index in [2.05, 4.69) is 5.32 Å². The zero-order chi connectivity index (χ0) is 31.7. The highest BCUT2D eigenvalue weighted by molar-refractivity contribution is 7.92. The molecule has 3 aromatic rings. The summed E-state index contributed by atoms with van der Waals surface area (Å²) in [5, 5.41) is 3.21. The summed E-state index contributed by atoms with van der Waals surface area (Å²) >= 11 is 0. The fourth-order valence-corrected chi connectivity index (χ4v) is 6.67. The largest absolute Gasteiger partial charge is 0.352 e. The number of sulfonamides is 1. The number of amides is 2. The number of nitrogens with one attached hydrogen (secondary N) is 1. The molecule has 0 aliphatic heterocycles. The Labute approximate surface area is 259 Å². The van der Waals surface area contributed by atoms with Crippen molar-refractivity contribution in [1.29, 1.82) is 0 Å². The Kier molecular flexibility index (Phi) is 11.5. The second-order valence-corrected chi connectivity index (χ2v) is 13.4. The van der Waals surface area contributed by atoms with Crippen LogP contribution in [-0.2, 0) is 32.6 Å². The molecule has 3 aromatic carbocycles. The lowest BCUT2D eigenvalue weighted by Crippen LogP contribution is -2.53. The molecule has 1 atom stereocenters. The van der Waals surface area contributed by atoms with Crippen molar-refractivity contribution in [1.82, 2.24) is 10.2 Å². The van der Waals surface area contributed by atoms with Crippen LogP contribution in [0.5, 0.6) is 0 Å². The second-order valence-electron chi connectivity index (χ2n) is 11.5. The van der Waals surface area contributed by atoms with E-state index in [0.717, 1.165) is 71.5 Å². The van der Waals surface area contributed by atoms with E-state index < -0.39 is 27.7 Å². The van der Waals surface area contributed by atoms with Crippen LogP contribution in [0.1, 0.15) is 61.6 Å². The van der Waals surface area contributed by atoms with Crippen molar-refractivity contribution in [3.8, 4) is 0 Å². The van der Waals surface area contributed by atoms with Gasteiger partial charge in [0.15, 0.2) is 11.6 Å². The van der Waals surface area contributed by atoms with Crippen LogP contribution in [0.3, 0.4) is 0 Å². The molecule has 0 radical (unpaired) electrons. The molecule has 2 amide bonds. The van der Waals surface area contributed by atoms with Crippen molar-refractivity contribution in [2.24, 2.45) is 0 Å². The van der Waals surface area contributed by atoms with Gasteiger partial charge in [-0.2, -0.15) is 0 Å². The van der Waals surface area contributed by atoms with E-state index >= 15 is 0 Å². The van der Waals surface area contributed by atoms with Crippen LogP contribution in [0, 0.1) is 18.6 Å². The Bertz CT molecular complexity index is 1530. The maximum absolute atomic E-state index is 14.0. The molecule has 1 aliphatic carbocycles. The normalized spacial score (nSPS) is 14.5. The minimum Gasteiger partial charge on any atom is -0.352 e. The van der Waals surface area contributed by atoms with Gasteiger partial charge in [-0.25, -0.2) is 17.2 Å². The van der Waals surface area contributed by atoms with Crippen LogP contribution in [0.15, 0.2) is 72.8 Å². The van der Waals surface area contributed by atoms with Gasteiger partial charge in [-0.15, -0.1) is 0 Å². The average molecular weight is 626 g/mol. The predicted octanol–water partition coefficient (Wildman–Crippen LogP) is 5.91. The van der Waals surface area contributed by atoms with E-state index in [0.29, 0.717) is 6.42 Å². The number of carbonyl (C=O) groups excluding carboxylic acids is 2. The molecule has 1 aliphatic rings. The summed E-state index contributed by atoms with van der Waals surface area (Å²) in [7, 11) is -3.85. The third-order valence-electron chi connectivity index (χ3n) is 8.17. The molecule has 0 heterocycles. The molecular formula is C34H41F2N3O4S. The monoisotopic (exact) mass is 625 g/mol. The first-order valence-corrected chi connectivity index (χ1v) is 17.0. The Morgan fingerprint density at radius 2 is 1.61 bits per heavy atom. The Morgan fingerprint density at radius 1 is 0.932 bits per heavy atom. The zero-order valence-electron chi connectivity index (χ0n) is 25.3. The summed E-state index contributed by atoms with van der Waals surface area (Å²) in [6.07, 6.45) is 6.41. The number of rotatable bonds is 13. The van der Waals surface area contributed by atoms with Crippen LogP contribution in [0.2, 0.25) is 0 Å². The van der Waals surface area contributed by atoms with Crippen LogP contribution in [0.4, 0.5) is 14.5 Å². The summed E-state index contributed by atoms with van der Waals surface area (Å²) in [5.74, 6) is -2.75. The van der Waals surface area contributed by atoms with Gasteiger partial charge in [-0.05, 0) is 55.0 Å². The second kappa shape index (κ2) is 15.3. The number of anilines is 1. The fourth-order valence-electron chi connectivity index (χ4n) is 5.71. The van der Waals surface area contributed by atoms with Crippen LogP contribution < -0.4 is 9.62 Å². The third kappa shape index (κ3) is 9.11. The van der Waals surface area contributed by atoms with E-state index in [-0.39, 0.29) is 49.5 Å². The molecule has 0 aromatic heterocycles. The molecule has 0 saturated heterocycles. The van der Waals surface area contributed by atoms with Crippen molar-refractivity contribution < 1.29 is 26.8 Å². The van der Waals surface area contributed by atoms with Gasteiger partial charge in [0.05, 0.1) is 11.9 Å². The molecule has 1 fully saturated rings. The number of halogens is 2. The third-order valence-corrected chi connectivity index (χ3v) is 9.36. The topological polar surface area (TPSA) is 86.8 Å². The number of hydrogen-bond acceptors (Lipinski definition) is 4. The Balaban J connectivity index is 1.60. The number of nitrogens with zero attached hydrogens (tertiary/aromatic N) is 2. The number of benzene rings is 3. The number of carbonyl (C=O) groups is 2. The summed E-state index contributed by atoms with van der Waals surface area (Å²) in [6, 6.07) is 19.4. The van der Waals surface area contributed by atoms with Crippen molar-refractivity contribution in [2.45, 2.75) is 76.9 Å². The van der Waals surface area contributed by atoms with E-state index in [1.165, 1.54) is 6.07 Å². The van der Waals surface area contributed by atoms with Crippen molar-refractivity contribution in [3.63, 3.8) is 0 Å². The quantitative estimate of drug-likeness (QED) is 0.256. The summed E-state index contributed by atoms with van der Waals surface area (Å²) in [6.45, 7) is 2.05. The molecule has 0 unspecified atom stereocenters. The summed E-state index contributed by atoms with van der Waals surface area (Å²) in [5.41, 5.74) is 2.78. The predicted molar refractivity (Wildman–Crippen MR) is 168 cm³/mol. The standard InChI is InChI=1S/C34H41F2N3O4S/c1-25-12-9-10-15-27(25)24-38(32(22-26-13-5-3-6-14-26)34(41)37-28-16-7-4-8-17-28)33(40)18-11-21-39(44(2,42)43)29-19-20-30(35)31(36)23-29/h3,5-6,9-10,12-15,19-20,23,28,32H,4,7-8,11,16-18,21-22,24H2,1-2H3,(H,37,41)/t32-/m0/s1. The maximum atomic E-state index is 14.0. The smallest absolute Gasteiger partial charge is 0.243 e. The highest BCUT2D eigenvalue weighted by atomic mass is 32.2. The Hall–Kier alpha value is -3.79. The van der Waals surface area contributed by atoms with Gasteiger partial charge in [0.1, 0.15) is 6.04 Å². The van der Waals surface area contributed by atoms with E-state index in [4.69, 9.17) is 0 Å². The fraction of sp³-hybridized carbons (Fsp3) is 0.412. The maximum Gasteiger partial charge on any atom is 0.243 e. The molecule has 7 nitrogen and oxygen atoms in total. The van der Waals surface area contributed by atoms with Gasteiger partial charge in [0, 0.05) is 38.0 Å². The molecule has 1 saturated carbocycles. The SMILES string of the molecule is Cc1ccccc1CN(C(=O)CCCN(c1ccc(F)c(F)c1)S(C)(=O)=O)[C@@H](Cc1ccccc1)C(=O)NC1CCCCC1. The molecule has 10 heteroatoms. The lowest BCUT2D eigenvalue weighted by molar-refractivity contribution is -0.141. The average Bonchev–Trinajstić information content (AvgIpc) is 3.00. The van der Waals surface area contributed by atoms with Gasteiger partial charge in [0.25, 0.3) is 0 Å². The molecule has 4 rings (SSSR count). The number of aryl methyl sites for hydroxylation is 1.